The molecule has 0 aromatic heterocycles. The summed E-state index contributed by atoms with van der Waals surface area (Å²) in [6, 6.07) is 0.808. The van der Waals surface area contributed by atoms with E-state index in [-0.39, 0.29) is 0 Å². The maximum absolute atomic E-state index is 6.48. The van der Waals surface area contributed by atoms with Crippen molar-refractivity contribution in [1.82, 2.24) is 4.90 Å². The second kappa shape index (κ2) is 5.23. The van der Waals surface area contributed by atoms with Crippen LogP contribution in [0.5, 0.6) is 0 Å². The first kappa shape index (κ1) is 14.5. The molecule has 2 N–H and O–H groups in total. The number of rotatable bonds is 3. The summed E-state index contributed by atoms with van der Waals surface area (Å²) in [6.07, 6.45) is 13.1. The molecule has 5 rings (SSSR count). The third-order valence-corrected chi connectivity index (χ3v) is 8.07. The molecule has 4 bridgehead atoms. The van der Waals surface area contributed by atoms with Crippen LogP contribution in [0.2, 0.25) is 0 Å². The molecular formula is C19H34N2. The Hall–Kier alpha value is -0.0800. The fraction of sp³-hybridized carbons (Fsp3) is 1.00. The van der Waals surface area contributed by atoms with Crippen LogP contribution in [0, 0.1) is 29.6 Å². The molecule has 0 radical (unpaired) electrons. The van der Waals surface area contributed by atoms with Crippen molar-refractivity contribution in [3.8, 4) is 0 Å². The normalized spacial score (nSPS) is 52.6. The van der Waals surface area contributed by atoms with E-state index in [1.165, 1.54) is 57.8 Å². The molecule has 5 aliphatic carbocycles. The van der Waals surface area contributed by atoms with E-state index >= 15 is 0 Å². The van der Waals surface area contributed by atoms with Crippen molar-refractivity contribution in [3.05, 3.63) is 0 Å². The van der Waals surface area contributed by atoms with Crippen LogP contribution in [0.3, 0.4) is 0 Å². The Balaban J connectivity index is 1.58. The summed E-state index contributed by atoms with van der Waals surface area (Å²) < 4.78 is 0. The van der Waals surface area contributed by atoms with E-state index in [4.69, 9.17) is 5.73 Å². The van der Waals surface area contributed by atoms with Crippen LogP contribution >= 0.6 is 0 Å². The van der Waals surface area contributed by atoms with Crippen LogP contribution in [-0.4, -0.2) is 30.1 Å². The van der Waals surface area contributed by atoms with E-state index in [1.807, 2.05) is 0 Å². The molecule has 0 aromatic rings. The summed E-state index contributed by atoms with van der Waals surface area (Å²) >= 11 is 0. The first-order valence-electron chi connectivity index (χ1n) is 9.56. The highest BCUT2D eigenvalue weighted by atomic mass is 15.2. The zero-order valence-corrected chi connectivity index (χ0v) is 14.1. The molecule has 2 heteroatoms. The van der Waals surface area contributed by atoms with Gasteiger partial charge in [0.1, 0.15) is 0 Å². The van der Waals surface area contributed by atoms with Gasteiger partial charge in [0.25, 0.3) is 0 Å². The summed E-state index contributed by atoms with van der Waals surface area (Å²) in [7, 11) is 2.44. The zero-order valence-electron chi connectivity index (χ0n) is 14.1. The molecule has 0 saturated heterocycles. The molecule has 0 amide bonds. The molecule has 0 spiro atoms. The van der Waals surface area contributed by atoms with Gasteiger partial charge in [-0.25, -0.2) is 0 Å². The number of nitrogens with two attached hydrogens (primary N) is 1. The number of nitrogens with zero attached hydrogens (tertiary/aromatic N) is 1. The number of hydrogen-bond acceptors (Lipinski definition) is 2. The van der Waals surface area contributed by atoms with Crippen molar-refractivity contribution in [2.24, 2.45) is 35.3 Å². The van der Waals surface area contributed by atoms with Crippen molar-refractivity contribution in [2.45, 2.75) is 76.3 Å². The van der Waals surface area contributed by atoms with Crippen LogP contribution < -0.4 is 5.73 Å². The Morgan fingerprint density at radius 1 is 0.905 bits per heavy atom. The summed E-state index contributed by atoms with van der Waals surface area (Å²) in [5, 5.41) is 0. The van der Waals surface area contributed by atoms with E-state index in [1.54, 1.807) is 0 Å². The predicted molar refractivity (Wildman–Crippen MR) is 88.0 cm³/mol. The molecule has 0 aliphatic heterocycles. The second-order valence-electron chi connectivity index (χ2n) is 9.02. The van der Waals surface area contributed by atoms with Gasteiger partial charge in [-0.05, 0) is 94.4 Å². The van der Waals surface area contributed by atoms with E-state index in [0.717, 1.165) is 42.2 Å². The van der Waals surface area contributed by atoms with Gasteiger partial charge < -0.3 is 5.73 Å². The van der Waals surface area contributed by atoms with E-state index in [2.05, 4.69) is 18.9 Å². The lowest BCUT2D eigenvalue weighted by Crippen LogP contribution is -2.70. The maximum atomic E-state index is 6.48. The quantitative estimate of drug-likeness (QED) is 0.859. The molecule has 5 aliphatic rings. The average Bonchev–Trinajstić information content (AvgIpc) is 2.47. The van der Waals surface area contributed by atoms with Crippen LogP contribution in [0.15, 0.2) is 0 Å². The fourth-order valence-electron chi connectivity index (χ4n) is 7.02. The van der Waals surface area contributed by atoms with Crippen LogP contribution in [0.25, 0.3) is 0 Å². The summed E-state index contributed by atoms with van der Waals surface area (Å²) in [4.78, 5) is 2.83. The monoisotopic (exact) mass is 290 g/mol. The molecule has 5 saturated carbocycles. The van der Waals surface area contributed by atoms with Gasteiger partial charge in [-0.15, -0.1) is 0 Å². The molecule has 0 heterocycles. The third kappa shape index (κ3) is 2.12. The SMILES string of the molecule is CC1CCC(N(C)C2(CN)C3CC4CC(C3)CC2C4)CC1. The van der Waals surface area contributed by atoms with Crippen LogP contribution in [-0.2, 0) is 0 Å². The summed E-state index contributed by atoms with van der Waals surface area (Å²) in [6.45, 7) is 3.34. The largest absolute Gasteiger partial charge is 0.329 e. The van der Waals surface area contributed by atoms with Crippen molar-refractivity contribution < 1.29 is 0 Å². The molecule has 120 valence electrons. The standard InChI is InChI=1S/C19H34N2/c1-13-3-5-18(6-4-13)21(2)19(12-20)16-8-14-7-15(10-16)11-17(19)9-14/h13-18H,3-12,20H2,1-2H3. The highest BCUT2D eigenvalue weighted by Crippen LogP contribution is 2.60. The van der Waals surface area contributed by atoms with Gasteiger partial charge in [0.2, 0.25) is 0 Å². The van der Waals surface area contributed by atoms with Gasteiger partial charge in [-0.3, -0.25) is 4.90 Å². The maximum Gasteiger partial charge on any atom is 0.0388 e. The van der Waals surface area contributed by atoms with Crippen molar-refractivity contribution in [3.63, 3.8) is 0 Å². The molecular weight excluding hydrogens is 256 g/mol. The van der Waals surface area contributed by atoms with Gasteiger partial charge in [0, 0.05) is 18.1 Å². The number of hydrogen-bond donors (Lipinski definition) is 1. The van der Waals surface area contributed by atoms with Gasteiger partial charge in [-0.1, -0.05) is 6.92 Å². The zero-order chi connectivity index (χ0) is 14.6. The lowest BCUT2D eigenvalue weighted by molar-refractivity contribution is -0.139. The minimum atomic E-state index is 0.360. The molecule has 0 atom stereocenters. The molecule has 5 fully saturated rings. The Morgan fingerprint density at radius 2 is 1.43 bits per heavy atom. The van der Waals surface area contributed by atoms with E-state index in [9.17, 15) is 0 Å². The summed E-state index contributed by atoms with van der Waals surface area (Å²) in [5.74, 6) is 4.85. The molecule has 2 nitrogen and oxygen atoms in total. The minimum Gasteiger partial charge on any atom is -0.329 e. The Kier molecular flexibility index (Phi) is 3.61. The second-order valence-corrected chi connectivity index (χ2v) is 9.02. The van der Waals surface area contributed by atoms with Crippen LogP contribution in [0.1, 0.15) is 64.7 Å². The third-order valence-electron chi connectivity index (χ3n) is 8.07. The Labute approximate surface area is 130 Å². The van der Waals surface area contributed by atoms with Crippen molar-refractivity contribution >= 4 is 0 Å². The smallest absolute Gasteiger partial charge is 0.0388 e. The van der Waals surface area contributed by atoms with Crippen LogP contribution in [0.4, 0.5) is 0 Å². The first-order chi connectivity index (χ1) is 10.1. The topological polar surface area (TPSA) is 29.3 Å². The predicted octanol–water partition coefficient (Wildman–Crippen LogP) is 3.65. The Morgan fingerprint density at radius 3 is 1.90 bits per heavy atom. The fourth-order valence-corrected chi connectivity index (χ4v) is 7.02. The van der Waals surface area contributed by atoms with Gasteiger partial charge in [-0.2, -0.15) is 0 Å². The number of likely N-dealkylation sites (N-methyl/N-ethyl adjacent to an activating group) is 1. The van der Waals surface area contributed by atoms with E-state index < -0.39 is 0 Å². The van der Waals surface area contributed by atoms with E-state index in [0.29, 0.717) is 5.54 Å². The van der Waals surface area contributed by atoms with Gasteiger partial charge in [0.15, 0.2) is 0 Å². The Bertz CT molecular complexity index is 355. The molecule has 0 aromatic carbocycles. The molecule has 21 heavy (non-hydrogen) atoms. The lowest BCUT2D eigenvalue weighted by atomic mass is 9.48. The van der Waals surface area contributed by atoms with Crippen molar-refractivity contribution in [1.29, 1.82) is 0 Å². The minimum absolute atomic E-state index is 0.360. The highest BCUT2D eigenvalue weighted by Gasteiger charge is 2.59. The van der Waals surface area contributed by atoms with Gasteiger partial charge in [0.05, 0.1) is 0 Å². The first-order valence-corrected chi connectivity index (χ1v) is 9.56. The summed E-state index contributed by atoms with van der Waals surface area (Å²) in [5.41, 5.74) is 6.84. The van der Waals surface area contributed by atoms with Crippen molar-refractivity contribution in [2.75, 3.05) is 13.6 Å². The molecule has 0 unspecified atom stereocenters. The lowest BCUT2D eigenvalue weighted by Gasteiger charge is -2.65. The van der Waals surface area contributed by atoms with Gasteiger partial charge >= 0.3 is 0 Å². The average molecular weight is 290 g/mol. The highest BCUT2D eigenvalue weighted by molar-refractivity contribution is 5.13.